The van der Waals surface area contributed by atoms with Gasteiger partial charge in [-0.1, -0.05) is 49.7 Å². The van der Waals surface area contributed by atoms with E-state index in [-0.39, 0.29) is 5.66 Å². The largest absolute Gasteiger partial charge is 0.318 e. The van der Waals surface area contributed by atoms with Gasteiger partial charge in [0.1, 0.15) is 7.14 Å². The van der Waals surface area contributed by atoms with Crippen molar-refractivity contribution in [1.29, 1.82) is 0 Å². The highest BCUT2D eigenvalue weighted by molar-refractivity contribution is 7.72. The van der Waals surface area contributed by atoms with Crippen LogP contribution in [0.1, 0.15) is 25.1 Å². The van der Waals surface area contributed by atoms with E-state index < -0.39 is 7.14 Å². The van der Waals surface area contributed by atoms with Crippen molar-refractivity contribution >= 4 is 12.4 Å². The monoisotopic (exact) mass is 287 g/mol. The molecule has 0 fully saturated rings. The SMILES string of the molecule is Cc1ccc([P@](=O)(CCc2ccccn2)C(C)C)cc1. The molecule has 20 heavy (non-hydrogen) atoms. The van der Waals surface area contributed by atoms with E-state index in [4.69, 9.17) is 0 Å². The zero-order chi connectivity index (χ0) is 14.6. The van der Waals surface area contributed by atoms with E-state index in [0.717, 1.165) is 17.4 Å². The van der Waals surface area contributed by atoms with Gasteiger partial charge in [-0.25, -0.2) is 0 Å². The van der Waals surface area contributed by atoms with Crippen LogP contribution in [0.5, 0.6) is 0 Å². The van der Waals surface area contributed by atoms with Gasteiger partial charge >= 0.3 is 0 Å². The summed E-state index contributed by atoms with van der Waals surface area (Å²) in [5.74, 6) is 0. The van der Waals surface area contributed by atoms with Gasteiger partial charge in [0, 0.05) is 29.0 Å². The molecule has 0 aliphatic rings. The van der Waals surface area contributed by atoms with E-state index >= 15 is 0 Å². The molecule has 0 spiro atoms. The molecule has 2 rings (SSSR count). The summed E-state index contributed by atoms with van der Waals surface area (Å²) in [6.45, 7) is 6.16. The molecule has 0 saturated heterocycles. The summed E-state index contributed by atoms with van der Waals surface area (Å²) in [5, 5.41) is 0.994. The number of nitrogens with zero attached hydrogens (tertiary/aromatic N) is 1. The average Bonchev–Trinajstić information content (AvgIpc) is 2.46. The highest BCUT2D eigenvalue weighted by Crippen LogP contribution is 2.49. The summed E-state index contributed by atoms with van der Waals surface area (Å²) < 4.78 is 13.4. The van der Waals surface area contributed by atoms with Crippen LogP contribution >= 0.6 is 7.14 Å². The number of hydrogen-bond donors (Lipinski definition) is 0. The highest BCUT2D eigenvalue weighted by Gasteiger charge is 2.28. The molecule has 3 heteroatoms. The first-order valence-electron chi connectivity index (χ1n) is 7.08. The Bertz CT molecular complexity index is 590. The third-order valence-corrected chi connectivity index (χ3v) is 7.46. The fourth-order valence-electron chi connectivity index (χ4n) is 2.31. The average molecular weight is 287 g/mol. The van der Waals surface area contributed by atoms with Crippen LogP contribution in [-0.2, 0) is 11.0 Å². The maximum atomic E-state index is 13.4. The molecule has 1 aromatic carbocycles. The molecule has 2 aromatic rings. The van der Waals surface area contributed by atoms with Crippen LogP contribution in [0.25, 0.3) is 0 Å². The molecule has 0 aliphatic carbocycles. The van der Waals surface area contributed by atoms with E-state index in [1.165, 1.54) is 5.56 Å². The molecule has 0 bridgehead atoms. The van der Waals surface area contributed by atoms with Crippen LogP contribution in [-0.4, -0.2) is 16.8 Å². The van der Waals surface area contributed by atoms with Gasteiger partial charge in [0.05, 0.1) is 0 Å². The Balaban J connectivity index is 2.22. The predicted octanol–water partition coefficient (Wildman–Crippen LogP) is 4.03. The molecular weight excluding hydrogens is 265 g/mol. The van der Waals surface area contributed by atoms with Crippen LogP contribution in [0.2, 0.25) is 0 Å². The van der Waals surface area contributed by atoms with Gasteiger partial charge in [0.15, 0.2) is 0 Å². The predicted molar refractivity (Wildman–Crippen MR) is 86.4 cm³/mol. The Hall–Kier alpha value is -1.40. The molecule has 1 heterocycles. The van der Waals surface area contributed by atoms with Crippen LogP contribution in [0.3, 0.4) is 0 Å². The standard InChI is InChI=1S/C17H22NOP/c1-14(2)20(19,17-9-7-15(3)8-10-17)13-11-16-6-4-5-12-18-16/h4-10,12,14H,11,13H2,1-3H3/t20-/m0/s1. The van der Waals surface area contributed by atoms with E-state index in [2.05, 4.69) is 25.8 Å². The van der Waals surface area contributed by atoms with Gasteiger partial charge in [-0.3, -0.25) is 4.98 Å². The van der Waals surface area contributed by atoms with E-state index in [1.54, 1.807) is 6.20 Å². The molecular formula is C17H22NOP. The summed E-state index contributed by atoms with van der Waals surface area (Å²) in [6.07, 6.45) is 3.25. The maximum absolute atomic E-state index is 13.4. The van der Waals surface area contributed by atoms with Crippen molar-refractivity contribution in [3.8, 4) is 0 Å². The molecule has 106 valence electrons. The molecule has 0 aliphatic heterocycles. The zero-order valence-corrected chi connectivity index (χ0v) is 13.3. The number of hydrogen-bond acceptors (Lipinski definition) is 2. The van der Waals surface area contributed by atoms with Gasteiger partial charge in [0.25, 0.3) is 0 Å². The van der Waals surface area contributed by atoms with Gasteiger partial charge in [0.2, 0.25) is 0 Å². The number of aromatic nitrogens is 1. The molecule has 0 N–H and O–H groups in total. The van der Waals surface area contributed by atoms with Crippen LogP contribution in [0.15, 0.2) is 48.7 Å². The molecule has 0 unspecified atom stereocenters. The normalized spacial score (nSPS) is 14.2. The van der Waals surface area contributed by atoms with Gasteiger partial charge in [-0.2, -0.15) is 0 Å². The second-order valence-electron chi connectivity index (χ2n) is 5.52. The van der Waals surface area contributed by atoms with Crippen molar-refractivity contribution in [3.63, 3.8) is 0 Å². The molecule has 2 nitrogen and oxygen atoms in total. The molecule has 1 aromatic heterocycles. The zero-order valence-electron chi connectivity index (χ0n) is 12.4. The van der Waals surface area contributed by atoms with Crippen molar-refractivity contribution in [1.82, 2.24) is 4.98 Å². The summed E-state index contributed by atoms with van der Waals surface area (Å²) in [7, 11) is -2.37. The summed E-state index contributed by atoms with van der Waals surface area (Å²) in [6, 6.07) is 14.0. The number of benzene rings is 1. The summed E-state index contributed by atoms with van der Waals surface area (Å²) in [4.78, 5) is 4.33. The lowest BCUT2D eigenvalue weighted by atomic mass is 10.2. The fourth-order valence-corrected chi connectivity index (χ4v) is 4.90. The molecule has 1 atom stereocenters. The molecule has 0 amide bonds. The van der Waals surface area contributed by atoms with Gasteiger partial charge in [-0.05, 0) is 25.5 Å². The first kappa shape index (κ1) is 15.0. The molecule has 0 radical (unpaired) electrons. The quantitative estimate of drug-likeness (QED) is 0.777. The second-order valence-corrected chi connectivity index (χ2v) is 9.11. The first-order chi connectivity index (χ1) is 9.52. The first-order valence-corrected chi connectivity index (χ1v) is 9.04. The van der Waals surface area contributed by atoms with Gasteiger partial charge < -0.3 is 4.57 Å². The minimum atomic E-state index is -2.37. The van der Waals surface area contributed by atoms with Crippen LogP contribution in [0.4, 0.5) is 0 Å². The highest BCUT2D eigenvalue weighted by atomic mass is 31.2. The minimum Gasteiger partial charge on any atom is -0.318 e. The van der Waals surface area contributed by atoms with Crippen LogP contribution in [0, 0.1) is 6.92 Å². The van der Waals surface area contributed by atoms with Gasteiger partial charge in [-0.15, -0.1) is 0 Å². The Kier molecular flexibility index (Phi) is 4.77. The van der Waals surface area contributed by atoms with Crippen molar-refractivity contribution in [3.05, 3.63) is 59.9 Å². The maximum Gasteiger partial charge on any atom is 0.118 e. The lowest BCUT2D eigenvalue weighted by Gasteiger charge is -2.22. The lowest BCUT2D eigenvalue weighted by molar-refractivity contribution is 0.574. The minimum absolute atomic E-state index is 0.161. The Morgan fingerprint density at radius 3 is 2.35 bits per heavy atom. The number of aryl methyl sites for hydroxylation is 2. The third kappa shape index (κ3) is 3.37. The smallest absolute Gasteiger partial charge is 0.118 e. The fraction of sp³-hybridized carbons (Fsp3) is 0.353. The number of rotatable bonds is 5. The van der Waals surface area contributed by atoms with E-state index in [1.807, 2.05) is 42.5 Å². The molecule has 0 saturated carbocycles. The Morgan fingerprint density at radius 1 is 1.10 bits per heavy atom. The summed E-state index contributed by atoms with van der Waals surface area (Å²) in [5.41, 5.74) is 2.38. The third-order valence-electron chi connectivity index (χ3n) is 3.73. The van der Waals surface area contributed by atoms with E-state index in [9.17, 15) is 4.57 Å². The lowest BCUT2D eigenvalue weighted by Crippen LogP contribution is -2.16. The van der Waals surface area contributed by atoms with Crippen molar-refractivity contribution in [2.45, 2.75) is 32.9 Å². The second kappa shape index (κ2) is 6.37. The topological polar surface area (TPSA) is 30.0 Å². The van der Waals surface area contributed by atoms with Crippen molar-refractivity contribution < 1.29 is 4.57 Å². The van der Waals surface area contributed by atoms with Crippen molar-refractivity contribution in [2.75, 3.05) is 6.16 Å². The van der Waals surface area contributed by atoms with Crippen LogP contribution < -0.4 is 5.30 Å². The van der Waals surface area contributed by atoms with Crippen molar-refractivity contribution in [2.24, 2.45) is 0 Å². The summed E-state index contributed by atoms with van der Waals surface area (Å²) >= 11 is 0. The Morgan fingerprint density at radius 2 is 1.80 bits per heavy atom. The number of pyridine rings is 1. The van der Waals surface area contributed by atoms with E-state index in [0.29, 0.717) is 6.16 Å². The Labute approximate surface area is 121 Å².